The molecule has 1 amide bonds. The number of phenolic OH excluding ortho intramolecular Hbond substituents is 1. The molecule has 0 bridgehead atoms. The first-order valence-corrected chi connectivity index (χ1v) is 8.03. The summed E-state index contributed by atoms with van der Waals surface area (Å²) in [7, 11) is 0. The van der Waals surface area contributed by atoms with Crippen LogP contribution in [0.5, 0.6) is 5.75 Å². The van der Waals surface area contributed by atoms with Gasteiger partial charge in [0.1, 0.15) is 18.0 Å². The van der Waals surface area contributed by atoms with Gasteiger partial charge in [0.2, 0.25) is 11.2 Å². The van der Waals surface area contributed by atoms with Gasteiger partial charge in [0.15, 0.2) is 5.82 Å². The van der Waals surface area contributed by atoms with Crippen molar-refractivity contribution < 1.29 is 18.5 Å². The van der Waals surface area contributed by atoms with Crippen molar-refractivity contribution in [2.45, 2.75) is 19.9 Å². The van der Waals surface area contributed by atoms with E-state index in [1.165, 1.54) is 12.1 Å². The van der Waals surface area contributed by atoms with Crippen molar-refractivity contribution in [2.24, 2.45) is 0 Å². The number of carbonyl (C=O) groups excluding carboxylic acids is 1. The lowest BCUT2D eigenvalue weighted by Gasteiger charge is -2.17. The number of rotatable bonds is 3. The molecule has 7 nitrogen and oxygen atoms in total. The molecule has 1 saturated heterocycles. The van der Waals surface area contributed by atoms with Crippen LogP contribution in [-0.2, 0) is 16.0 Å². The number of phenols is 1. The predicted octanol–water partition coefficient (Wildman–Crippen LogP) is 1.49. The molecule has 122 valence electrons. The summed E-state index contributed by atoms with van der Waals surface area (Å²) in [6, 6.07) is 2.86. The molecule has 1 aromatic carbocycles. The van der Waals surface area contributed by atoms with Gasteiger partial charge in [0, 0.05) is 17.8 Å². The van der Waals surface area contributed by atoms with E-state index in [1.54, 1.807) is 12.5 Å². The molecular weight excluding hydrogens is 323 g/mol. The summed E-state index contributed by atoms with van der Waals surface area (Å²) in [4.78, 5) is 15.5. The van der Waals surface area contributed by atoms with Gasteiger partial charge in [0.25, 0.3) is 5.91 Å². The van der Waals surface area contributed by atoms with Crippen molar-refractivity contribution in [3.63, 3.8) is 0 Å². The second kappa shape index (κ2) is 5.65. The Morgan fingerprint density at radius 3 is 2.74 bits per heavy atom. The quantitative estimate of drug-likeness (QED) is 0.888. The Bertz CT molecular complexity index is 805. The first-order chi connectivity index (χ1) is 10.9. The van der Waals surface area contributed by atoms with Crippen LogP contribution in [0.2, 0.25) is 0 Å². The Morgan fingerprint density at radius 2 is 2.17 bits per heavy atom. The maximum Gasteiger partial charge on any atom is 0.253 e. The lowest BCUT2D eigenvalue weighted by molar-refractivity contribution is -0.117. The Morgan fingerprint density at radius 1 is 1.43 bits per heavy atom. The maximum atomic E-state index is 14.9. The minimum Gasteiger partial charge on any atom is -0.506 e. The molecular formula is C14H15FN4O3S. The molecule has 2 aromatic rings. The molecule has 0 spiro atoms. The van der Waals surface area contributed by atoms with E-state index in [0.29, 0.717) is 5.69 Å². The molecule has 1 aliphatic rings. The molecule has 1 atom stereocenters. The predicted molar refractivity (Wildman–Crippen MR) is 83.3 cm³/mol. The zero-order chi connectivity index (χ0) is 16.7. The number of aromatic hydroxyl groups is 1. The van der Waals surface area contributed by atoms with E-state index in [0.717, 1.165) is 4.31 Å². The number of carbonyl (C=O) groups is 1. The topological polar surface area (TPSA) is 87.5 Å². The van der Waals surface area contributed by atoms with Gasteiger partial charge in [-0.05, 0) is 26.0 Å². The smallest absolute Gasteiger partial charge is 0.253 e. The fraction of sp³-hybridized carbons (Fsp3) is 0.286. The van der Waals surface area contributed by atoms with Crippen LogP contribution in [0.25, 0.3) is 11.3 Å². The number of hydrogen-bond donors (Lipinski definition) is 2. The normalized spacial score (nSPS) is 17.8. The third-order valence-electron chi connectivity index (χ3n) is 3.51. The van der Waals surface area contributed by atoms with Gasteiger partial charge >= 0.3 is 0 Å². The Labute approximate surface area is 134 Å². The zero-order valence-corrected chi connectivity index (χ0v) is 13.3. The average Bonchev–Trinajstić information content (AvgIpc) is 3.07. The summed E-state index contributed by atoms with van der Waals surface area (Å²) in [5, 5.41) is 9.94. The minimum atomic E-state index is -1.92. The van der Waals surface area contributed by atoms with Crippen molar-refractivity contribution >= 4 is 22.8 Å². The second-order valence-corrected chi connectivity index (χ2v) is 6.55. The van der Waals surface area contributed by atoms with E-state index in [2.05, 4.69) is 9.71 Å². The third-order valence-corrected chi connectivity index (χ3v) is 4.62. The minimum absolute atomic E-state index is 0.161. The number of benzene rings is 1. The molecule has 0 radical (unpaired) electrons. The molecule has 2 heterocycles. The third kappa shape index (κ3) is 2.67. The molecule has 2 N–H and O–H groups in total. The van der Waals surface area contributed by atoms with Gasteiger partial charge in [0.05, 0.1) is 12.0 Å². The summed E-state index contributed by atoms with van der Waals surface area (Å²) in [6.45, 7) is 3.64. The number of hydrogen-bond acceptors (Lipinski definition) is 4. The zero-order valence-electron chi connectivity index (χ0n) is 12.5. The van der Waals surface area contributed by atoms with Gasteiger partial charge in [-0.1, -0.05) is 0 Å². The average molecular weight is 338 g/mol. The van der Waals surface area contributed by atoms with Crippen molar-refractivity contribution in [1.29, 1.82) is 0 Å². The molecule has 23 heavy (non-hydrogen) atoms. The first-order valence-electron chi connectivity index (χ1n) is 6.92. The van der Waals surface area contributed by atoms with Crippen molar-refractivity contribution in [1.82, 2.24) is 14.3 Å². The molecule has 1 aromatic heterocycles. The maximum absolute atomic E-state index is 14.9. The highest BCUT2D eigenvalue weighted by Gasteiger charge is 2.32. The van der Waals surface area contributed by atoms with Crippen LogP contribution in [0.15, 0.2) is 24.7 Å². The summed E-state index contributed by atoms with van der Waals surface area (Å²) >= 11 is -1.92. The molecule has 9 heteroatoms. The van der Waals surface area contributed by atoms with E-state index >= 15 is 0 Å². The Balaban J connectivity index is 2.08. The van der Waals surface area contributed by atoms with Crippen LogP contribution in [-0.4, -0.2) is 31.3 Å². The molecule has 1 aliphatic heterocycles. The largest absolute Gasteiger partial charge is 0.506 e. The molecule has 1 unspecified atom stereocenters. The first kappa shape index (κ1) is 15.5. The summed E-state index contributed by atoms with van der Waals surface area (Å²) in [5.74, 6) is -1.67. The number of imidazole rings is 1. The fourth-order valence-corrected chi connectivity index (χ4v) is 3.23. The number of anilines is 1. The van der Waals surface area contributed by atoms with Crippen molar-refractivity contribution in [2.75, 3.05) is 10.8 Å². The Kier molecular flexibility index (Phi) is 3.80. The van der Waals surface area contributed by atoms with E-state index in [9.17, 15) is 18.5 Å². The monoisotopic (exact) mass is 338 g/mol. The highest BCUT2D eigenvalue weighted by molar-refractivity contribution is 7.85. The van der Waals surface area contributed by atoms with Gasteiger partial charge in [-0.2, -0.15) is 0 Å². The van der Waals surface area contributed by atoms with Gasteiger partial charge in [-0.25, -0.2) is 13.6 Å². The number of nitrogens with zero attached hydrogens (tertiary/aromatic N) is 3. The van der Waals surface area contributed by atoms with Crippen LogP contribution >= 0.6 is 0 Å². The summed E-state index contributed by atoms with van der Waals surface area (Å²) < 4.78 is 31.7. The van der Waals surface area contributed by atoms with Crippen LogP contribution in [0.4, 0.5) is 10.1 Å². The number of aromatic nitrogens is 2. The number of halogens is 1. The van der Waals surface area contributed by atoms with Crippen LogP contribution < -0.4 is 9.03 Å². The second-order valence-electron chi connectivity index (χ2n) is 5.41. The van der Waals surface area contributed by atoms with Crippen molar-refractivity contribution in [3.05, 3.63) is 30.5 Å². The molecule has 0 aliphatic carbocycles. The van der Waals surface area contributed by atoms with E-state index < -0.39 is 22.9 Å². The fourth-order valence-electron chi connectivity index (χ4n) is 2.28. The van der Waals surface area contributed by atoms with Gasteiger partial charge in [-0.3, -0.25) is 13.8 Å². The SMILES string of the molecule is CC(C)n1cnc(-c2ccc(O)c(N3CC(=O)NS3=O)c2F)c1. The van der Waals surface area contributed by atoms with Crippen LogP contribution in [0, 0.1) is 5.82 Å². The van der Waals surface area contributed by atoms with E-state index in [4.69, 9.17) is 0 Å². The van der Waals surface area contributed by atoms with Gasteiger partial charge < -0.3 is 9.67 Å². The summed E-state index contributed by atoms with van der Waals surface area (Å²) in [6.07, 6.45) is 3.28. The van der Waals surface area contributed by atoms with Crippen LogP contribution in [0.3, 0.4) is 0 Å². The van der Waals surface area contributed by atoms with Gasteiger partial charge in [-0.15, -0.1) is 0 Å². The Hall–Kier alpha value is -2.42. The molecule has 3 rings (SSSR count). The molecule has 0 saturated carbocycles. The number of amides is 1. The lowest BCUT2D eigenvalue weighted by Crippen LogP contribution is -2.23. The van der Waals surface area contributed by atoms with Crippen LogP contribution in [0.1, 0.15) is 19.9 Å². The number of nitrogens with one attached hydrogen (secondary N) is 1. The standard InChI is InChI=1S/C14H15FN4O3S/c1-8(2)18-5-10(16-7-18)9-3-4-11(20)14(13(9)15)19-6-12(21)17-23(19)22/h3-5,7-8,20H,6H2,1-2H3,(H,17,21). The lowest BCUT2D eigenvalue weighted by atomic mass is 10.1. The van der Waals surface area contributed by atoms with E-state index in [-0.39, 0.29) is 29.6 Å². The van der Waals surface area contributed by atoms with Crippen molar-refractivity contribution in [3.8, 4) is 17.0 Å². The highest BCUT2D eigenvalue weighted by atomic mass is 32.2. The van der Waals surface area contributed by atoms with E-state index in [1.807, 2.05) is 18.4 Å². The highest BCUT2D eigenvalue weighted by Crippen LogP contribution is 2.37. The summed E-state index contributed by atoms with van der Waals surface area (Å²) in [5.41, 5.74) is 0.272. The molecule has 1 fully saturated rings.